The molecule has 1 N–H and O–H groups in total. The number of nitro benzene ring substituents is 1. The summed E-state index contributed by atoms with van der Waals surface area (Å²) < 4.78 is 4.96. The lowest BCUT2D eigenvalue weighted by atomic mass is 10.2. The molecule has 1 amide bonds. The van der Waals surface area contributed by atoms with Crippen LogP contribution in [-0.4, -0.2) is 22.8 Å². The molecule has 0 aromatic heterocycles. The molecular weight excluding hydrogens is 286 g/mol. The van der Waals surface area contributed by atoms with Gasteiger partial charge in [-0.25, -0.2) is 10.2 Å². The van der Waals surface area contributed by atoms with Crippen molar-refractivity contribution in [2.24, 2.45) is 5.10 Å². The van der Waals surface area contributed by atoms with Gasteiger partial charge in [0.15, 0.2) is 0 Å². The Morgan fingerprint density at radius 2 is 2.15 bits per heavy atom. The lowest BCUT2D eigenvalue weighted by Gasteiger charge is -2.18. The van der Waals surface area contributed by atoms with Crippen molar-refractivity contribution in [1.29, 1.82) is 0 Å². The van der Waals surface area contributed by atoms with E-state index in [0.717, 1.165) is 0 Å². The van der Waals surface area contributed by atoms with Crippen LogP contribution >= 0.6 is 11.6 Å². The number of rotatable bonds is 3. The van der Waals surface area contributed by atoms with Crippen molar-refractivity contribution in [3.63, 3.8) is 0 Å². The maximum absolute atomic E-state index is 11.3. The summed E-state index contributed by atoms with van der Waals surface area (Å²) in [5.74, 6) is 0. The normalized spacial score (nSPS) is 11.4. The Balaban J connectivity index is 2.70. The summed E-state index contributed by atoms with van der Waals surface area (Å²) in [5.41, 5.74) is 1.73. The van der Waals surface area contributed by atoms with Crippen LogP contribution in [0.4, 0.5) is 10.5 Å². The van der Waals surface area contributed by atoms with Crippen molar-refractivity contribution in [2.75, 3.05) is 0 Å². The van der Waals surface area contributed by atoms with Gasteiger partial charge in [0.05, 0.1) is 11.1 Å². The number of carbonyl (C=O) groups excluding carboxylic acids is 1. The number of hydrogen-bond acceptors (Lipinski definition) is 5. The number of halogens is 1. The average molecular weight is 300 g/mol. The van der Waals surface area contributed by atoms with Crippen molar-refractivity contribution >= 4 is 29.6 Å². The summed E-state index contributed by atoms with van der Waals surface area (Å²) in [4.78, 5) is 21.4. The van der Waals surface area contributed by atoms with Gasteiger partial charge in [-0.15, -0.1) is 0 Å². The molecule has 1 rings (SSSR count). The van der Waals surface area contributed by atoms with E-state index >= 15 is 0 Å². The number of benzene rings is 1. The number of nitrogens with zero attached hydrogens (tertiary/aromatic N) is 2. The Labute approximate surface area is 120 Å². The molecular formula is C12H14ClN3O4. The van der Waals surface area contributed by atoms with E-state index in [-0.39, 0.29) is 10.7 Å². The van der Waals surface area contributed by atoms with E-state index in [4.69, 9.17) is 16.3 Å². The molecule has 0 spiro atoms. The zero-order valence-corrected chi connectivity index (χ0v) is 12.0. The van der Waals surface area contributed by atoms with Gasteiger partial charge >= 0.3 is 6.09 Å². The van der Waals surface area contributed by atoms with Gasteiger partial charge in [-0.3, -0.25) is 10.1 Å². The van der Waals surface area contributed by atoms with Crippen molar-refractivity contribution in [3.8, 4) is 0 Å². The van der Waals surface area contributed by atoms with Crippen LogP contribution in [0.3, 0.4) is 0 Å². The minimum absolute atomic E-state index is 0.0345. The Kier molecular flexibility index (Phi) is 5.04. The minimum Gasteiger partial charge on any atom is -0.443 e. The zero-order valence-electron chi connectivity index (χ0n) is 11.2. The van der Waals surface area contributed by atoms with E-state index < -0.39 is 16.6 Å². The second-order valence-electron chi connectivity index (χ2n) is 4.84. The number of carbonyl (C=O) groups is 1. The Morgan fingerprint density at radius 1 is 1.50 bits per heavy atom. The molecule has 1 aromatic carbocycles. The topological polar surface area (TPSA) is 93.8 Å². The molecule has 0 aliphatic rings. The number of nitro groups is 1. The van der Waals surface area contributed by atoms with E-state index in [1.165, 1.54) is 24.4 Å². The van der Waals surface area contributed by atoms with Gasteiger partial charge in [-0.1, -0.05) is 17.7 Å². The highest BCUT2D eigenvalue weighted by Gasteiger charge is 2.15. The van der Waals surface area contributed by atoms with Crippen LogP contribution in [0.25, 0.3) is 0 Å². The summed E-state index contributed by atoms with van der Waals surface area (Å²) >= 11 is 5.67. The van der Waals surface area contributed by atoms with Crippen molar-refractivity contribution in [1.82, 2.24) is 5.43 Å². The number of hydrogen-bond donors (Lipinski definition) is 1. The molecule has 0 atom stereocenters. The van der Waals surface area contributed by atoms with Crippen LogP contribution in [0, 0.1) is 10.1 Å². The number of hydrazone groups is 1. The summed E-state index contributed by atoms with van der Waals surface area (Å²) in [6.07, 6.45) is 0.546. The van der Waals surface area contributed by atoms with Gasteiger partial charge in [0.2, 0.25) is 0 Å². The van der Waals surface area contributed by atoms with Gasteiger partial charge in [0.1, 0.15) is 10.6 Å². The van der Waals surface area contributed by atoms with E-state index in [2.05, 4.69) is 10.5 Å². The Morgan fingerprint density at radius 3 is 2.70 bits per heavy atom. The van der Waals surface area contributed by atoms with Crippen molar-refractivity contribution in [3.05, 3.63) is 38.9 Å². The van der Waals surface area contributed by atoms with Crippen molar-refractivity contribution in [2.45, 2.75) is 26.4 Å². The van der Waals surface area contributed by atoms with E-state index in [1.54, 1.807) is 20.8 Å². The summed E-state index contributed by atoms with van der Waals surface area (Å²) in [6.45, 7) is 5.16. The first-order valence-electron chi connectivity index (χ1n) is 5.65. The van der Waals surface area contributed by atoms with Gasteiger partial charge in [-0.2, -0.15) is 5.10 Å². The van der Waals surface area contributed by atoms with Crippen LogP contribution in [0.1, 0.15) is 26.3 Å². The molecule has 0 aliphatic carbocycles. The predicted molar refractivity (Wildman–Crippen MR) is 75.1 cm³/mol. The standard InChI is InChI=1S/C12H14ClN3O4/c1-12(2,3)20-11(17)15-14-7-8-4-5-9(13)10(6-8)16(18)19/h4-7H,1-3H3,(H,15,17). The van der Waals surface area contributed by atoms with E-state index in [1.807, 2.05) is 0 Å². The molecule has 0 radical (unpaired) electrons. The molecule has 1 aromatic rings. The lowest BCUT2D eigenvalue weighted by molar-refractivity contribution is -0.384. The van der Waals surface area contributed by atoms with E-state index in [9.17, 15) is 14.9 Å². The summed E-state index contributed by atoms with van der Waals surface area (Å²) in [5, 5.41) is 14.4. The van der Waals surface area contributed by atoms with Gasteiger partial charge < -0.3 is 4.74 Å². The SMILES string of the molecule is CC(C)(C)OC(=O)NN=Cc1ccc(Cl)c([N+](=O)[O-])c1. The molecule has 0 fully saturated rings. The highest BCUT2D eigenvalue weighted by molar-refractivity contribution is 6.32. The number of ether oxygens (including phenoxy) is 1. The molecule has 0 saturated heterocycles. The van der Waals surface area contributed by atoms with Crippen LogP contribution in [0.5, 0.6) is 0 Å². The zero-order chi connectivity index (χ0) is 15.3. The molecule has 20 heavy (non-hydrogen) atoms. The molecule has 8 heteroatoms. The smallest absolute Gasteiger partial charge is 0.428 e. The number of amides is 1. The van der Waals surface area contributed by atoms with E-state index in [0.29, 0.717) is 5.56 Å². The fourth-order valence-electron chi connectivity index (χ4n) is 1.21. The molecule has 0 saturated carbocycles. The number of nitrogens with one attached hydrogen (secondary N) is 1. The second kappa shape index (κ2) is 6.33. The highest BCUT2D eigenvalue weighted by atomic mass is 35.5. The van der Waals surface area contributed by atoms with Gasteiger partial charge in [0.25, 0.3) is 5.69 Å². The van der Waals surface area contributed by atoms with Crippen molar-refractivity contribution < 1.29 is 14.5 Å². The first-order valence-corrected chi connectivity index (χ1v) is 6.03. The summed E-state index contributed by atoms with van der Waals surface area (Å²) in [7, 11) is 0. The first-order chi connectivity index (χ1) is 9.19. The fourth-order valence-corrected chi connectivity index (χ4v) is 1.40. The molecule has 108 valence electrons. The average Bonchev–Trinajstić information content (AvgIpc) is 2.28. The molecule has 7 nitrogen and oxygen atoms in total. The maximum atomic E-state index is 11.3. The second-order valence-corrected chi connectivity index (χ2v) is 5.25. The predicted octanol–water partition coefficient (Wildman–Crippen LogP) is 3.11. The highest BCUT2D eigenvalue weighted by Crippen LogP contribution is 2.24. The molecule has 0 bridgehead atoms. The van der Waals surface area contributed by atoms with Gasteiger partial charge in [0, 0.05) is 11.6 Å². The van der Waals surface area contributed by atoms with Crippen LogP contribution in [0.2, 0.25) is 5.02 Å². The third kappa shape index (κ3) is 5.23. The first kappa shape index (κ1) is 15.9. The molecule has 0 aliphatic heterocycles. The fraction of sp³-hybridized carbons (Fsp3) is 0.333. The van der Waals surface area contributed by atoms with Crippen LogP contribution < -0.4 is 5.43 Å². The quantitative estimate of drug-likeness (QED) is 0.527. The Bertz CT molecular complexity index is 552. The maximum Gasteiger partial charge on any atom is 0.428 e. The molecule has 0 unspecified atom stereocenters. The molecule has 0 heterocycles. The lowest BCUT2D eigenvalue weighted by Crippen LogP contribution is -2.29. The monoisotopic (exact) mass is 299 g/mol. The minimum atomic E-state index is -0.711. The third-order valence-corrected chi connectivity index (χ3v) is 2.25. The van der Waals surface area contributed by atoms with Gasteiger partial charge in [-0.05, 0) is 26.8 Å². The van der Waals surface area contributed by atoms with Crippen LogP contribution in [0.15, 0.2) is 23.3 Å². The third-order valence-electron chi connectivity index (χ3n) is 1.94. The Hall–Kier alpha value is -2.15. The largest absolute Gasteiger partial charge is 0.443 e. The van der Waals surface area contributed by atoms with Crippen LogP contribution in [-0.2, 0) is 4.74 Å². The summed E-state index contributed by atoms with van der Waals surface area (Å²) in [6, 6.07) is 4.17.